The summed E-state index contributed by atoms with van der Waals surface area (Å²) in [6, 6.07) is 0. The van der Waals surface area contributed by atoms with Crippen LogP contribution in [0.25, 0.3) is 0 Å². The lowest BCUT2D eigenvalue weighted by atomic mass is 10.4. The van der Waals surface area contributed by atoms with Crippen LogP contribution in [0.4, 0.5) is 0 Å². The van der Waals surface area contributed by atoms with Crippen molar-refractivity contribution in [2.24, 2.45) is 0 Å². The Morgan fingerprint density at radius 2 is 1.62 bits per heavy atom. The van der Waals surface area contributed by atoms with Crippen LogP contribution in [0, 0.1) is 0 Å². The molecule has 0 radical (unpaired) electrons. The minimum Gasteiger partial charge on any atom is -0.328 e. The molecule has 0 aromatic carbocycles. The average Bonchev–Trinajstić information content (AvgIpc) is 2.03. The van der Waals surface area contributed by atoms with Crippen molar-refractivity contribution in [3.05, 3.63) is 0 Å². The first-order valence-electron chi connectivity index (χ1n) is 5.19. The second kappa shape index (κ2) is 5.82. The molecular formula is C10H23O2P. The predicted molar refractivity (Wildman–Crippen MR) is 58.7 cm³/mol. The molecule has 0 atom stereocenters. The highest BCUT2D eigenvalue weighted by molar-refractivity contribution is 7.60. The molecule has 2 nitrogen and oxygen atoms in total. The van der Waals surface area contributed by atoms with Crippen LogP contribution < -0.4 is 0 Å². The second-order valence-corrected chi connectivity index (χ2v) is 7.63. The van der Waals surface area contributed by atoms with Gasteiger partial charge < -0.3 is 4.52 Å². The molecule has 0 amide bonds. The van der Waals surface area contributed by atoms with E-state index in [1.165, 1.54) is 0 Å². The first-order chi connectivity index (χ1) is 5.95. The molecule has 0 saturated heterocycles. The largest absolute Gasteiger partial charge is 0.328 e. The Kier molecular flexibility index (Phi) is 5.91. The highest BCUT2D eigenvalue weighted by Gasteiger charge is 2.31. The maximum atomic E-state index is 12.3. The van der Waals surface area contributed by atoms with Gasteiger partial charge >= 0.3 is 0 Å². The molecule has 13 heavy (non-hydrogen) atoms. The maximum Gasteiger partial charge on any atom is 0.208 e. The Bertz CT molecular complexity index is 164. The number of unbranched alkanes of at least 4 members (excludes halogenated alkanes) is 1. The predicted octanol–water partition coefficient (Wildman–Crippen LogP) is 3.90. The first-order valence-corrected chi connectivity index (χ1v) is 6.95. The molecule has 3 heteroatoms. The molecule has 0 aromatic heterocycles. The molecule has 0 rings (SSSR count). The van der Waals surface area contributed by atoms with Crippen molar-refractivity contribution < 1.29 is 9.09 Å². The van der Waals surface area contributed by atoms with E-state index in [0.717, 1.165) is 12.8 Å². The van der Waals surface area contributed by atoms with Crippen molar-refractivity contribution in [3.8, 4) is 0 Å². The monoisotopic (exact) mass is 206 g/mol. The molecule has 0 aliphatic carbocycles. The Morgan fingerprint density at radius 3 is 1.92 bits per heavy atom. The van der Waals surface area contributed by atoms with Gasteiger partial charge in [-0.3, -0.25) is 4.57 Å². The van der Waals surface area contributed by atoms with E-state index in [1.54, 1.807) is 0 Å². The lowest BCUT2D eigenvalue weighted by Crippen LogP contribution is -2.11. The van der Waals surface area contributed by atoms with Crippen LogP contribution in [-0.4, -0.2) is 17.9 Å². The van der Waals surface area contributed by atoms with Crippen molar-refractivity contribution in [3.63, 3.8) is 0 Å². The molecule has 0 heterocycles. The van der Waals surface area contributed by atoms with E-state index in [1.807, 2.05) is 27.7 Å². The van der Waals surface area contributed by atoms with E-state index in [4.69, 9.17) is 4.52 Å². The molecule has 0 aliphatic heterocycles. The molecule has 0 bridgehead atoms. The van der Waals surface area contributed by atoms with E-state index < -0.39 is 7.37 Å². The van der Waals surface area contributed by atoms with Crippen LogP contribution >= 0.6 is 7.37 Å². The van der Waals surface area contributed by atoms with Gasteiger partial charge in [0.15, 0.2) is 0 Å². The Balaban J connectivity index is 4.18. The molecule has 0 saturated carbocycles. The summed E-state index contributed by atoms with van der Waals surface area (Å²) < 4.78 is 17.8. The normalized spacial score (nSPS) is 12.8. The van der Waals surface area contributed by atoms with Crippen LogP contribution in [0.2, 0.25) is 0 Å². The van der Waals surface area contributed by atoms with Crippen LogP contribution in [0.5, 0.6) is 0 Å². The lowest BCUT2D eigenvalue weighted by molar-refractivity contribution is 0.297. The molecule has 0 aliphatic rings. The van der Waals surface area contributed by atoms with E-state index in [9.17, 15) is 4.57 Å². The summed E-state index contributed by atoms with van der Waals surface area (Å²) in [5.74, 6) is 0. The van der Waals surface area contributed by atoms with Crippen molar-refractivity contribution in [2.75, 3.05) is 6.61 Å². The van der Waals surface area contributed by atoms with E-state index in [0.29, 0.717) is 6.61 Å². The fraction of sp³-hybridized carbons (Fsp3) is 1.00. The Hall–Kier alpha value is 0.190. The lowest BCUT2D eigenvalue weighted by Gasteiger charge is -2.25. The maximum absolute atomic E-state index is 12.3. The SMILES string of the molecule is CCCCOP(=O)(C(C)C)C(C)C. The zero-order valence-electron chi connectivity index (χ0n) is 9.54. The van der Waals surface area contributed by atoms with Gasteiger partial charge in [-0.15, -0.1) is 0 Å². The summed E-state index contributed by atoms with van der Waals surface area (Å²) in [5, 5.41) is 0. The number of rotatable bonds is 6. The smallest absolute Gasteiger partial charge is 0.208 e. The third-order valence-corrected chi connectivity index (χ3v) is 5.70. The zero-order valence-corrected chi connectivity index (χ0v) is 10.4. The van der Waals surface area contributed by atoms with E-state index in [-0.39, 0.29) is 11.3 Å². The van der Waals surface area contributed by atoms with Gasteiger partial charge in [0.05, 0.1) is 6.61 Å². The molecule has 0 fully saturated rings. The van der Waals surface area contributed by atoms with Crippen molar-refractivity contribution in [1.82, 2.24) is 0 Å². The van der Waals surface area contributed by atoms with Crippen LogP contribution in [0.3, 0.4) is 0 Å². The van der Waals surface area contributed by atoms with Gasteiger partial charge in [-0.2, -0.15) is 0 Å². The van der Waals surface area contributed by atoms with Gasteiger partial charge in [-0.1, -0.05) is 41.0 Å². The van der Waals surface area contributed by atoms with Crippen molar-refractivity contribution in [2.45, 2.75) is 58.8 Å². The fourth-order valence-electron chi connectivity index (χ4n) is 1.25. The van der Waals surface area contributed by atoms with Crippen LogP contribution in [-0.2, 0) is 9.09 Å². The quantitative estimate of drug-likeness (QED) is 0.486. The van der Waals surface area contributed by atoms with Crippen molar-refractivity contribution in [1.29, 1.82) is 0 Å². The molecule has 0 unspecified atom stereocenters. The van der Waals surface area contributed by atoms with Gasteiger partial charge in [0.2, 0.25) is 7.37 Å². The summed E-state index contributed by atoms with van der Waals surface area (Å²) >= 11 is 0. The Labute approximate surface area is 82.5 Å². The minimum atomic E-state index is -2.39. The van der Waals surface area contributed by atoms with E-state index >= 15 is 0 Å². The average molecular weight is 206 g/mol. The summed E-state index contributed by atoms with van der Waals surface area (Å²) in [4.78, 5) is 0. The van der Waals surface area contributed by atoms with E-state index in [2.05, 4.69) is 6.92 Å². The van der Waals surface area contributed by atoms with Gasteiger partial charge in [-0.05, 0) is 6.42 Å². The Morgan fingerprint density at radius 1 is 1.15 bits per heavy atom. The zero-order chi connectivity index (χ0) is 10.5. The van der Waals surface area contributed by atoms with Gasteiger partial charge in [0, 0.05) is 11.3 Å². The molecular weight excluding hydrogens is 183 g/mol. The molecule has 0 aromatic rings. The summed E-state index contributed by atoms with van der Waals surface area (Å²) in [7, 11) is -2.39. The third-order valence-electron chi connectivity index (χ3n) is 2.23. The fourth-order valence-corrected chi connectivity index (χ4v) is 3.45. The highest BCUT2D eigenvalue weighted by Crippen LogP contribution is 2.55. The first kappa shape index (κ1) is 13.2. The summed E-state index contributed by atoms with van der Waals surface area (Å²) in [5.41, 5.74) is 0.286. The van der Waals surface area contributed by atoms with Gasteiger partial charge in [-0.25, -0.2) is 0 Å². The molecule has 80 valence electrons. The van der Waals surface area contributed by atoms with Crippen molar-refractivity contribution >= 4 is 7.37 Å². The van der Waals surface area contributed by atoms with Crippen LogP contribution in [0.15, 0.2) is 0 Å². The second-order valence-electron chi connectivity index (χ2n) is 4.02. The molecule has 0 N–H and O–H groups in total. The third kappa shape index (κ3) is 3.83. The molecule has 0 spiro atoms. The van der Waals surface area contributed by atoms with Gasteiger partial charge in [0.25, 0.3) is 0 Å². The topological polar surface area (TPSA) is 26.3 Å². The summed E-state index contributed by atoms with van der Waals surface area (Å²) in [6.45, 7) is 10.7. The van der Waals surface area contributed by atoms with Gasteiger partial charge in [0.1, 0.15) is 0 Å². The highest BCUT2D eigenvalue weighted by atomic mass is 31.2. The number of hydrogen-bond donors (Lipinski definition) is 0. The van der Waals surface area contributed by atoms with Crippen LogP contribution in [0.1, 0.15) is 47.5 Å². The minimum absolute atomic E-state index is 0.143. The standard InChI is InChI=1S/C10H23O2P/c1-6-7-8-12-13(11,9(2)3)10(4)5/h9-10H,6-8H2,1-5H3. The summed E-state index contributed by atoms with van der Waals surface area (Å²) in [6.07, 6.45) is 2.10. The number of hydrogen-bond acceptors (Lipinski definition) is 2.